The highest BCUT2D eigenvalue weighted by Gasteiger charge is 2.35. The van der Waals surface area contributed by atoms with Crippen molar-refractivity contribution in [2.24, 2.45) is 11.8 Å². The number of carbonyl (C=O) groups excluding carboxylic acids is 1. The van der Waals surface area contributed by atoms with Gasteiger partial charge in [-0.1, -0.05) is 6.07 Å². The zero-order chi connectivity index (χ0) is 16.8. The van der Waals surface area contributed by atoms with E-state index < -0.39 is 0 Å². The maximum atomic E-state index is 13.0. The van der Waals surface area contributed by atoms with E-state index in [0.717, 1.165) is 28.9 Å². The molecule has 128 valence electrons. The monoisotopic (exact) mass is 351 g/mol. The lowest BCUT2D eigenvalue weighted by molar-refractivity contribution is 0.0440. The number of fused-ring (bicyclic) bond motifs is 4. The minimum atomic E-state index is 0.187. The second-order valence-electron chi connectivity index (χ2n) is 7.37. The molecule has 0 unspecified atom stereocenters. The van der Waals surface area contributed by atoms with Gasteiger partial charge >= 0.3 is 0 Å². The molecule has 6 rings (SSSR count). The Hall–Kier alpha value is -1.98. The van der Waals surface area contributed by atoms with E-state index in [1.165, 1.54) is 31.5 Å². The molecule has 2 aromatic heterocycles. The number of nitrogens with zero attached hydrogens (tertiary/aromatic N) is 2. The maximum absolute atomic E-state index is 13.0. The van der Waals surface area contributed by atoms with Crippen LogP contribution >= 0.6 is 11.3 Å². The highest BCUT2D eigenvalue weighted by molar-refractivity contribution is 7.08. The SMILES string of the molecule is O=C(C[C@@H]1CN2CCC1CC2)c1n[nH]c2ccc(-c3ccsc3)cc12. The molecule has 0 saturated carbocycles. The molecule has 1 aromatic carbocycles. The van der Waals surface area contributed by atoms with Crippen molar-refractivity contribution >= 4 is 28.0 Å². The van der Waals surface area contributed by atoms with Crippen LogP contribution in [0.15, 0.2) is 35.0 Å². The number of benzene rings is 1. The van der Waals surface area contributed by atoms with Gasteiger partial charge in [-0.05, 0) is 77.9 Å². The number of aromatic amines is 1. The Labute approximate surface area is 150 Å². The molecular formula is C20H21N3OS. The van der Waals surface area contributed by atoms with Crippen molar-refractivity contribution in [3.8, 4) is 11.1 Å². The molecule has 1 atom stereocenters. The van der Waals surface area contributed by atoms with Gasteiger partial charge in [-0.25, -0.2) is 0 Å². The fourth-order valence-electron chi connectivity index (χ4n) is 4.49. The Morgan fingerprint density at radius 2 is 2.12 bits per heavy atom. The number of hydrogen-bond donors (Lipinski definition) is 1. The number of H-pyrrole nitrogens is 1. The second kappa shape index (κ2) is 6.07. The van der Waals surface area contributed by atoms with Gasteiger partial charge in [0.1, 0.15) is 5.69 Å². The minimum absolute atomic E-state index is 0.187. The quantitative estimate of drug-likeness (QED) is 0.717. The third-order valence-corrected chi connectivity index (χ3v) is 6.60. The summed E-state index contributed by atoms with van der Waals surface area (Å²) in [6.45, 7) is 3.51. The fraction of sp³-hybridized carbons (Fsp3) is 0.400. The van der Waals surface area contributed by atoms with Crippen molar-refractivity contribution in [3.05, 3.63) is 40.7 Å². The van der Waals surface area contributed by atoms with Crippen molar-refractivity contribution in [3.63, 3.8) is 0 Å². The molecule has 0 spiro atoms. The summed E-state index contributed by atoms with van der Waals surface area (Å²) in [7, 11) is 0. The first-order chi connectivity index (χ1) is 12.3. The van der Waals surface area contributed by atoms with Gasteiger partial charge in [0.25, 0.3) is 0 Å². The third kappa shape index (κ3) is 2.71. The molecule has 0 aliphatic carbocycles. The van der Waals surface area contributed by atoms with E-state index in [0.29, 0.717) is 18.0 Å². The van der Waals surface area contributed by atoms with Crippen LogP contribution in [0.4, 0.5) is 0 Å². The molecule has 5 heterocycles. The lowest BCUT2D eigenvalue weighted by atomic mass is 9.76. The standard InChI is InChI=1S/C20H21N3OS/c24-19(10-16-11-23-6-3-13(16)4-7-23)20-17-9-14(15-5-8-25-12-15)1-2-18(17)21-22-20/h1-2,5,8-9,12-13,16H,3-4,6-7,10-11H2,(H,21,22)/t16-/m1/s1. The van der Waals surface area contributed by atoms with E-state index in [-0.39, 0.29) is 5.78 Å². The highest BCUT2D eigenvalue weighted by atomic mass is 32.1. The number of rotatable bonds is 4. The summed E-state index contributed by atoms with van der Waals surface area (Å²) in [6, 6.07) is 8.33. The predicted molar refractivity (Wildman–Crippen MR) is 101 cm³/mol. The number of piperidine rings is 3. The first-order valence-electron chi connectivity index (χ1n) is 9.04. The largest absolute Gasteiger partial charge is 0.303 e. The van der Waals surface area contributed by atoms with Gasteiger partial charge in [0.15, 0.2) is 5.78 Å². The first kappa shape index (κ1) is 15.3. The average molecular weight is 351 g/mol. The maximum Gasteiger partial charge on any atom is 0.184 e. The molecule has 2 bridgehead atoms. The number of hydrogen-bond acceptors (Lipinski definition) is 4. The van der Waals surface area contributed by atoms with Crippen LogP contribution in [0.2, 0.25) is 0 Å². The summed E-state index contributed by atoms with van der Waals surface area (Å²) in [4.78, 5) is 15.5. The first-order valence-corrected chi connectivity index (χ1v) is 9.98. The summed E-state index contributed by atoms with van der Waals surface area (Å²) in [5.41, 5.74) is 3.90. The summed E-state index contributed by atoms with van der Waals surface area (Å²) in [5.74, 6) is 1.41. The van der Waals surface area contributed by atoms with Crippen LogP contribution in [0.5, 0.6) is 0 Å². The van der Waals surface area contributed by atoms with Crippen molar-refractivity contribution in [1.29, 1.82) is 0 Å². The second-order valence-corrected chi connectivity index (χ2v) is 8.15. The molecule has 25 heavy (non-hydrogen) atoms. The van der Waals surface area contributed by atoms with Crippen LogP contribution < -0.4 is 0 Å². The van der Waals surface area contributed by atoms with Gasteiger partial charge in [0.05, 0.1) is 5.52 Å². The normalized spacial score (nSPS) is 25.5. The molecule has 0 radical (unpaired) electrons. The van der Waals surface area contributed by atoms with E-state index in [9.17, 15) is 4.79 Å². The zero-order valence-corrected chi connectivity index (χ0v) is 14.9. The van der Waals surface area contributed by atoms with Crippen molar-refractivity contribution < 1.29 is 4.79 Å². The number of carbonyl (C=O) groups is 1. The van der Waals surface area contributed by atoms with Gasteiger partial charge in [-0.3, -0.25) is 9.89 Å². The van der Waals surface area contributed by atoms with E-state index in [1.807, 2.05) is 6.07 Å². The number of thiophene rings is 1. The lowest BCUT2D eigenvalue weighted by Gasteiger charge is -2.44. The van der Waals surface area contributed by atoms with Gasteiger partial charge in [0.2, 0.25) is 0 Å². The summed E-state index contributed by atoms with van der Waals surface area (Å²) < 4.78 is 0. The van der Waals surface area contributed by atoms with Crippen LogP contribution in [-0.2, 0) is 0 Å². The Morgan fingerprint density at radius 1 is 1.24 bits per heavy atom. The molecule has 3 fully saturated rings. The van der Waals surface area contributed by atoms with E-state index in [2.05, 4.69) is 44.1 Å². The van der Waals surface area contributed by atoms with Gasteiger partial charge < -0.3 is 4.90 Å². The summed E-state index contributed by atoms with van der Waals surface area (Å²) in [5, 5.41) is 12.6. The molecule has 5 heteroatoms. The number of Topliss-reactive ketones (excluding diaryl/α,β-unsaturated/α-hetero) is 1. The van der Waals surface area contributed by atoms with Gasteiger partial charge in [-0.2, -0.15) is 16.4 Å². The smallest absolute Gasteiger partial charge is 0.184 e. The number of ketones is 1. The molecule has 4 nitrogen and oxygen atoms in total. The van der Waals surface area contributed by atoms with Crippen LogP contribution in [-0.4, -0.2) is 40.5 Å². The number of nitrogens with one attached hydrogen (secondary N) is 1. The van der Waals surface area contributed by atoms with Crippen LogP contribution in [0.25, 0.3) is 22.0 Å². The van der Waals surface area contributed by atoms with E-state index >= 15 is 0 Å². The Bertz CT molecular complexity index is 906. The van der Waals surface area contributed by atoms with Crippen molar-refractivity contribution in [2.45, 2.75) is 19.3 Å². The molecule has 3 saturated heterocycles. The highest BCUT2D eigenvalue weighted by Crippen LogP contribution is 2.35. The Kier molecular flexibility index (Phi) is 3.71. The van der Waals surface area contributed by atoms with E-state index in [4.69, 9.17) is 0 Å². The van der Waals surface area contributed by atoms with Crippen molar-refractivity contribution in [2.75, 3.05) is 19.6 Å². The zero-order valence-electron chi connectivity index (χ0n) is 14.1. The van der Waals surface area contributed by atoms with Gasteiger partial charge in [-0.15, -0.1) is 0 Å². The average Bonchev–Trinajstić information content (AvgIpc) is 3.32. The van der Waals surface area contributed by atoms with Crippen LogP contribution in [0.3, 0.4) is 0 Å². The lowest BCUT2D eigenvalue weighted by Crippen LogP contribution is -2.47. The minimum Gasteiger partial charge on any atom is -0.303 e. The van der Waals surface area contributed by atoms with Crippen molar-refractivity contribution in [1.82, 2.24) is 15.1 Å². The topological polar surface area (TPSA) is 49.0 Å². The summed E-state index contributed by atoms with van der Waals surface area (Å²) in [6.07, 6.45) is 3.13. The molecular weight excluding hydrogens is 330 g/mol. The fourth-order valence-corrected chi connectivity index (χ4v) is 5.15. The third-order valence-electron chi connectivity index (χ3n) is 5.92. The van der Waals surface area contributed by atoms with Crippen LogP contribution in [0, 0.1) is 11.8 Å². The molecule has 3 aliphatic heterocycles. The molecule has 3 aliphatic rings. The van der Waals surface area contributed by atoms with Crippen LogP contribution in [0.1, 0.15) is 29.8 Å². The molecule has 3 aromatic rings. The van der Waals surface area contributed by atoms with E-state index in [1.54, 1.807) is 11.3 Å². The Balaban J connectivity index is 1.44. The number of aromatic nitrogens is 2. The predicted octanol–water partition coefficient (Wildman–Crippen LogP) is 4.21. The molecule has 1 N–H and O–H groups in total. The Morgan fingerprint density at radius 3 is 2.84 bits per heavy atom. The van der Waals surface area contributed by atoms with Gasteiger partial charge in [0, 0.05) is 18.4 Å². The summed E-state index contributed by atoms with van der Waals surface area (Å²) >= 11 is 1.69. The molecule has 0 amide bonds.